The first-order valence-electron chi connectivity index (χ1n) is 6.99. The molecule has 0 aliphatic heterocycles. The van der Waals surface area contributed by atoms with Gasteiger partial charge in [0.15, 0.2) is 5.78 Å². The lowest BCUT2D eigenvalue weighted by Gasteiger charge is -2.20. The van der Waals surface area contributed by atoms with Crippen molar-refractivity contribution in [3.05, 3.63) is 65.7 Å². The Bertz CT molecular complexity index is 576. The van der Waals surface area contributed by atoms with Crippen LogP contribution in [-0.2, 0) is 0 Å². The zero-order valence-corrected chi connectivity index (χ0v) is 12.7. The molecule has 0 bridgehead atoms. The molecule has 0 aliphatic carbocycles. The van der Waals surface area contributed by atoms with E-state index in [9.17, 15) is 4.79 Å². The Kier molecular flexibility index (Phi) is 5.12. The zero-order chi connectivity index (χ0) is 15.2. The summed E-state index contributed by atoms with van der Waals surface area (Å²) in [4.78, 5) is 14.9. The summed E-state index contributed by atoms with van der Waals surface area (Å²) in [5.74, 6) is 0.738. The van der Waals surface area contributed by atoms with E-state index in [1.54, 1.807) is 7.11 Å². The molecule has 2 rings (SSSR count). The molecule has 3 heteroatoms. The van der Waals surface area contributed by atoms with E-state index in [4.69, 9.17) is 4.74 Å². The summed E-state index contributed by atoms with van der Waals surface area (Å²) in [7, 11) is 5.59. The van der Waals surface area contributed by atoms with Gasteiger partial charge < -0.3 is 9.64 Å². The van der Waals surface area contributed by atoms with Crippen LogP contribution in [0.25, 0.3) is 0 Å². The number of carbonyl (C=O) groups excluding carboxylic acids is 1. The Morgan fingerprint density at radius 3 is 2.19 bits per heavy atom. The van der Waals surface area contributed by atoms with Crippen LogP contribution in [-0.4, -0.2) is 38.4 Å². The smallest absolute Gasteiger partial charge is 0.171 e. The van der Waals surface area contributed by atoms with Crippen molar-refractivity contribution >= 4 is 5.78 Å². The number of hydrogen-bond donors (Lipinski definition) is 0. The van der Waals surface area contributed by atoms with E-state index in [-0.39, 0.29) is 11.7 Å². The Labute approximate surface area is 126 Å². The maximum Gasteiger partial charge on any atom is 0.171 e. The van der Waals surface area contributed by atoms with Gasteiger partial charge in [0.05, 0.1) is 13.0 Å². The highest BCUT2D eigenvalue weighted by molar-refractivity contribution is 6.01. The number of benzene rings is 2. The first-order chi connectivity index (χ1) is 10.1. The fourth-order valence-electron chi connectivity index (χ4n) is 2.35. The zero-order valence-electron chi connectivity index (χ0n) is 12.7. The van der Waals surface area contributed by atoms with Crippen LogP contribution < -0.4 is 4.74 Å². The van der Waals surface area contributed by atoms with E-state index in [1.807, 2.05) is 73.6 Å². The third-order valence-electron chi connectivity index (χ3n) is 3.44. The molecular formula is C18H21NO2. The van der Waals surface area contributed by atoms with Gasteiger partial charge >= 0.3 is 0 Å². The molecule has 0 aliphatic rings. The molecule has 2 aromatic carbocycles. The van der Waals surface area contributed by atoms with E-state index in [0.29, 0.717) is 12.1 Å². The molecule has 110 valence electrons. The van der Waals surface area contributed by atoms with Crippen LogP contribution >= 0.6 is 0 Å². The van der Waals surface area contributed by atoms with Crippen molar-refractivity contribution < 1.29 is 9.53 Å². The molecule has 0 radical (unpaired) electrons. The number of nitrogens with zero attached hydrogens (tertiary/aromatic N) is 1. The summed E-state index contributed by atoms with van der Waals surface area (Å²) in [6.07, 6.45) is 0. The van der Waals surface area contributed by atoms with E-state index in [1.165, 1.54) is 0 Å². The van der Waals surface area contributed by atoms with Crippen molar-refractivity contribution in [1.82, 2.24) is 4.90 Å². The number of ketones is 1. The van der Waals surface area contributed by atoms with Gasteiger partial charge in [0.2, 0.25) is 0 Å². The van der Waals surface area contributed by atoms with Crippen LogP contribution in [0.1, 0.15) is 21.8 Å². The summed E-state index contributed by atoms with van der Waals surface area (Å²) in [6, 6.07) is 17.2. The minimum absolute atomic E-state index is 0.137. The average Bonchev–Trinajstić information content (AvgIpc) is 2.53. The van der Waals surface area contributed by atoms with Crippen molar-refractivity contribution in [1.29, 1.82) is 0 Å². The molecule has 0 aromatic heterocycles. The number of methoxy groups -OCH3 is 1. The Balaban J connectivity index is 2.29. The summed E-state index contributed by atoms with van der Waals surface area (Å²) >= 11 is 0. The summed E-state index contributed by atoms with van der Waals surface area (Å²) in [5.41, 5.74) is 1.76. The third kappa shape index (κ3) is 3.92. The lowest BCUT2D eigenvalue weighted by molar-refractivity contribution is 0.0945. The number of ether oxygens (including phenoxy) is 1. The van der Waals surface area contributed by atoms with Crippen LogP contribution in [0.3, 0.4) is 0 Å². The molecule has 0 spiro atoms. The lowest BCUT2D eigenvalue weighted by atomic mass is 9.90. The second-order valence-corrected chi connectivity index (χ2v) is 5.32. The van der Waals surface area contributed by atoms with Crippen LogP contribution in [0.4, 0.5) is 0 Å². The number of hydrogen-bond acceptors (Lipinski definition) is 3. The standard InChI is InChI=1S/C18H21NO2/c1-19(2)13-17(14-7-5-4-6-8-14)18(20)15-9-11-16(21-3)12-10-15/h4-12,17H,13H2,1-3H3. The highest BCUT2D eigenvalue weighted by atomic mass is 16.5. The minimum Gasteiger partial charge on any atom is -0.497 e. The third-order valence-corrected chi connectivity index (χ3v) is 3.44. The van der Waals surface area contributed by atoms with Crippen LogP contribution in [0.2, 0.25) is 0 Å². The molecule has 0 N–H and O–H groups in total. The van der Waals surface area contributed by atoms with Gasteiger partial charge in [-0.25, -0.2) is 0 Å². The van der Waals surface area contributed by atoms with Crippen molar-refractivity contribution in [2.75, 3.05) is 27.7 Å². The van der Waals surface area contributed by atoms with E-state index < -0.39 is 0 Å². The van der Waals surface area contributed by atoms with Crippen LogP contribution in [0.15, 0.2) is 54.6 Å². The van der Waals surface area contributed by atoms with Gasteiger partial charge in [-0.1, -0.05) is 30.3 Å². The predicted molar refractivity (Wildman–Crippen MR) is 85.1 cm³/mol. The highest BCUT2D eigenvalue weighted by Gasteiger charge is 2.22. The first-order valence-corrected chi connectivity index (χ1v) is 6.99. The predicted octanol–water partition coefficient (Wildman–Crippen LogP) is 3.22. The number of Topliss-reactive ketones (excluding diaryl/α,β-unsaturated/α-hetero) is 1. The van der Waals surface area contributed by atoms with Crippen molar-refractivity contribution in [3.8, 4) is 5.75 Å². The number of likely N-dealkylation sites (N-methyl/N-ethyl adjacent to an activating group) is 1. The average molecular weight is 283 g/mol. The fourth-order valence-corrected chi connectivity index (χ4v) is 2.35. The minimum atomic E-state index is -0.158. The molecule has 21 heavy (non-hydrogen) atoms. The SMILES string of the molecule is COc1ccc(C(=O)C(CN(C)C)c2ccccc2)cc1. The molecule has 1 atom stereocenters. The molecule has 3 nitrogen and oxygen atoms in total. The Morgan fingerprint density at radius 2 is 1.67 bits per heavy atom. The normalized spacial score (nSPS) is 12.2. The fraction of sp³-hybridized carbons (Fsp3) is 0.278. The highest BCUT2D eigenvalue weighted by Crippen LogP contribution is 2.23. The topological polar surface area (TPSA) is 29.5 Å². The van der Waals surface area contributed by atoms with Gasteiger partial charge in [0.1, 0.15) is 5.75 Å². The largest absolute Gasteiger partial charge is 0.497 e. The van der Waals surface area contributed by atoms with E-state index in [2.05, 4.69) is 0 Å². The molecule has 0 heterocycles. The van der Waals surface area contributed by atoms with Crippen molar-refractivity contribution in [3.63, 3.8) is 0 Å². The first kappa shape index (κ1) is 15.3. The lowest BCUT2D eigenvalue weighted by Crippen LogP contribution is -2.26. The molecular weight excluding hydrogens is 262 g/mol. The molecule has 0 saturated carbocycles. The molecule has 2 aromatic rings. The van der Waals surface area contributed by atoms with E-state index in [0.717, 1.165) is 11.3 Å². The quantitative estimate of drug-likeness (QED) is 0.762. The summed E-state index contributed by atoms with van der Waals surface area (Å²) < 4.78 is 5.14. The van der Waals surface area contributed by atoms with Gasteiger partial charge in [-0.05, 0) is 43.9 Å². The van der Waals surface area contributed by atoms with Gasteiger partial charge in [-0.3, -0.25) is 4.79 Å². The summed E-state index contributed by atoms with van der Waals surface area (Å²) in [5, 5.41) is 0. The van der Waals surface area contributed by atoms with Gasteiger partial charge in [-0.15, -0.1) is 0 Å². The molecule has 0 amide bonds. The maximum atomic E-state index is 12.8. The molecule has 0 fully saturated rings. The molecule has 1 unspecified atom stereocenters. The number of rotatable bonds is 6. The second-order valence-electron chi connectivity index (χ2n) is 5.32. The van der Waals surface area contributed by atoms with E-state index >= 15 is 0 Å². The van der Waals surface area contributed by atoms with Crippen LogP contribution in [0, 0.1) is 0 Å². The maximum absolute atomic E-state index is 12.8. The Morgan fingerprint density at radius 1 is 1.05 bits per heavy atom. The number of carbonyl (C=O) groups is 1. The van der Waals surface area contributed by atoms with Gasteiger partial charge in [0.25, 0.3) is 0 Å². The van der Waals surface area contributed by atoms with Crippen molar-refractivity contribution in [2.24, 2.45) is 0 Å². The molecule has 0 saturated heterocycles. The monoisotopic (exact) mass is 283 g/mol. The summed E-state index contributed by atoms with van der Waals surface area (Å²) in [6.45, 7) is 0.689. The van der Waals surface area contributed by atoms with Gasteiger partial charge in [0, 0.05) is 12.1 Å². The Hall–Kier alpha value is -2.13. The van der Waals surface area contributed by atoms with Crippen molar-refractivity contribution in [2.45, 2.75) is 5.92 Å². The second kappa shape index (κ2) is 7.04. The van der Waals surface area contributed by atoms with Gasteiger partial charge in [-0.2, -0.15) is 0 Å². The van der Waals surface area contributed by atoms with Crippen LogP contribution in [0.5, 0.6) is 5.75 Å².